The number of carbonyl (C=O) groups is 3. The highest BCUT2D eigenvalue weighted by Crippen LogP contribution is 2.56. The molecule has 0 aromatic heterocycles. The fourth-order valence-corrected chi connectivity index (χ4v) is 6.89. The van der Waals surface area contributed by atoms with E-state index in [0.29, 0.717) is 5.56 Å². The number of primary amides is 1. The summed E-state index contributed by atoms with van der Waals surface area (Å²) in [6.45, 7) is 0.0347. The van der Waals surface area contributed by atoms with Crippen LogP contribution in [0.5, 0.6) is 5.75 Å². The van der Waals surface area contributed by atoms with Gasteiger partial charge in [-0.2, -0.15) is 0 Å². The molecule has 0 aliphatic heterocycles. The summed E-state index contributed by atoms with van der Waals surface area (Å²) in [5, 5.41) is 56.5. The summed E-state index contributed by atoms with van der Waals surface area (Å²) in [5.74, 6) is -9.22. The standard InChI is InChI=1S/C27H32N2O9/c1-29(2)20-19-22(32)16-13(10-38-11-6-3-4-7-11)12-8-5-9-14(30)15(12)21(31)17(16)24(34)27(19,37)25(35)18(23(20)33)26(28)36/h5,8-9,11,13,16,19-20,22,30-32,35,37H,3-4,6-7,10H2,1-2H3,(H2,28,36)/t13-,16+,19+,20?,22-,27-/m0/s1. The zero-order chi connectivity index (χ0) is 27.7. The molecular weight excluding hydrogens is 496 g/mol. The van der Waals surface area contributed by atoms with Gasteiger partial charge in [-0.3, -0.25) is 19.3 Å². The number of hydrogen-bond donors (Lipinski definition) is 6. The molecule has 0 heterocycles. The molecule has 0 saturated heterocycles. The van der Waals surface area contributed by atoms with E-state index in [9.17, 15) is 39.9 Å². The van der Waals surface area contributed by atoms with Crippen molar-refractivity contribution in [2.45, 2.75) is 55.5 Å². The number of aromatic hydroxyl groups is 1. The third-order valence-electron chi connectivity index (χ3n) is 8.61. The summed E-state index contributed by atoms with van der Waals surface area (Å²) in [6.07, 6.45) is 2.05. The maximum Gasteiger partial charge on any atom is 0.255 e. The number of rotatable bonds is 5. The van der Waals surface area contributed by atoms with Crippen LogP contribution in [0.25, 0.3) is 5.76 Å². The van der Waals surface area contributed by atoms with Crippen LogP contribution < -0.4 is 5.73 Å². The van der Waals surface area contributed by atoms with Gasteiger partial charge in [0.15, 0.2) is 11.4 Å². The number of nitrogens with two attached hydrogens (primary N) is 1. The van der Waals surface area contributed by atoms with Gasteiger partial charge in [0.25, 0.3) is 5.91 Å². The van der Waals surface area contributed by atoms with Crippen molar-refractivity contribution in [2.75, 3.05) is 20.7 Å². The highest BCUT2D eigenvalue weighted by atomic mass is 16.5. The first kappa shape index (κ1) is 26.4. The minimum absolute atomic E-state index is 0.0250. The number of aliphatic hydroxyl groups is 4. The topological polar surface area (TPSA) is 191 Å². The molecule has 1 unspecified atom stereocenters. The first-order chi connectivity index (χ1) is 17.9. The van der Waals surface area contributed by atoms with Crippen molar-refractivity contribution in [3.05, 3.63) is 46.2 Å². The fourth-order valence-electron chi connectivity index (χ4n) is 6.89. The van der Waals surface area contributed by atoms with Gasteiger partial charge < -0.3 is 36.0 Å². The molecule has 1 aromatic rings. The summed E-state index contributed by atoms with van der Waals surface area (Å²) < 4.78 is 6.17. The third-order valence-corrected chi connectivity index (χ3v) is 8.61. The third kappa shape index (κ3) is 3.53. The van der Waals surface area contributed by atoms with E-state index in [4.69, 9.17) is 10.5 Å². The van der Waals surface area contributed by atoms with Gasteiger partial charge in [-0.1, -0.05) is 25.0 Å². The Morgan fingerprint density at radius 2 is 1.82 bits per heavy atom. The number of ether oxygens (including phenoxy) is 1. The van der Waals surface area contributed by atoms with Crippen molar-refractivity contribution in [1.82, 2.24) is 4.90 Å². The summed E-state index contributed by atoms with van der Waals surface area (Å²) in [6, 6.07) is 3.16. The van der Waals surface area contributed by atoms with Crippen LogP contribution in [-0.4, -0.2) is 92.5 Å². The van der Waals surface area contributed by atoms with E-state index in [1.807, 2.05) is 0 Å². The van der Waals surface area contributed by atoms with E-state index < -0.39 is 75.6 Å². The minimum atomic E-state index is -2.94. The van der Waals surface area contributed by atoms with Crippen LogP contribution in [-0.2, 0) is 19.1 Å². The van der Waals surface area contributed by atoms with E-state index >= 15 is 0 Å². The number of ketones is 2. The van der Waals surface area contributed by atoms with Crippen LogP contribution in [0.3, 0.4) is 0 Å². The second-order valence-electron chi connectivity index (χ2n) is 10.8. The van der Waals surface area contributed by atoms with Crippen molar-refractivity contribution < 1.29 is 44.7 Å². The molecule has 1 aromatic carbocycles. The van der Waals surface area contributed by atoms with E-state index in [2.05, 4.69) is 0 Å². The predicted molar refractivity (Wildman–Crippen MR) is 133 cm³/mol. The molecule has 11 heteroatoms. The summed E-state index contributed by atoms with van der Waals surface area (Å²) in [5.41, 5.74) is 1.43. The molecule has 0 spiro atoms. The number of likely N-dealkylation sites (N-methyl/N-ethyl adjacent to an activating group) is 1. The molecule has 4 aliphatic rings. The molecule has 0 bridgehead atoms. The van der Waals surface area contributed by atoms with E-state index in [1.165, 1.54) is 25.1 Å². The number of aliphatic hydroxyl groups excluding tert-OH is 3. The summed E-state index contributed by atoms with van der Waals surface area (Å²) in [4.78, 5) is 40.9. The molecule has 11 nitrogen and oxygen atoms in total. The quantitative estimate of drug-likeness (QED) is 0.292. The summed E-state index contributed by atoms with van der Waals surface area (Å²) >= 11 is 0. The average molecular weight is 529 g/mol. The van der Waals surface area contributed by atoms with Crippen LogP contribution >= 0.6 is 0 Å². The van der Waals surface area contributed by atoms with Gasteiger partial charge in [0.05, 0.1) is 36.3 Å². The van der Waals surface area contributed by atoms with Crippen LogP contribution in [0.4, 0.5) is 0 Å². The van der Waals surface area contributed by atoms with Crippen molar-refractivity contribution in [1.29, 1.82) is 0 Å². The van der Waals surface area contributed by atoms with Crippen molar-refractivity contribution in [2.24, 2.45) is 17.6 Å². The van der Waals surface area contributed by atoms with Gasteiger partial charge in [-0.05, 0) is 38.6 Å². The second-order valence-corrected chi connectivity index (χ2v) is 10.8. The van der Waals surface area contributed by atoms with Crippen LogP contribution in [0.2, 0.25) is 0 Å². The Bertz CT molecular complexity index is 1280. The van der Waals surface area contributed by atoms with Gasteiger partial charge in [-0.15, -0.1) is 0 Å². The molecule has 5 rings (SSSR count). The lowest BCUT2D eigenvalue weighted by atomic mass is 9.54. The van der Waals surface area contributed by atoms with Crippen molar-refractivity contribution in [3.8, 4) is 5.75 Å². The Labute approximate surface area is 218 Å². The highest BCUT2D eigenvalue weighted by molar-refractivity contribution is 6.24. The number of nitrogens with zero attached hydrogens (tertiary/aromatic N) is 1. The lowest BCUT2D eigenvalue weighted by Gasteiger charge is -2.54. The molecule has 1 amide bonds. The van der Waals surface area contributed by atoms with Gasteiger partial charge in [-0.25, -0.2) is 0 Å². The second kappa shape index (κ2) is 9.19. The van der Waals surface area contributed by atoms with E-state index in [-0.39, 0.29) is 24.0 Å². The number of phenolic OH excluding ortho intramolecular Hbond substituents is 1. The lowest BCUT2D eigenvalue weighted by Crippen LogP contribution is -2.70. The molecule has 204 valence electrons. The lowest BCUT2D eigenvalue weighted by molar-refractivity contribution is -0.170. The Morgan fingerprint density at radius 3 is 2.42 bits per heavy atom. The molecule has 2 saturated carbocycles. The van der Waals surface area contributed by atoms with Gasteiger partial charge >= 0.3 is 0 Å². The normalized spacial score (nSPS) is 33.4. The molecule has 6 atom stereocenters. The van der Waals surface area contributed by atoms with Crippen molar-refractivity contribution in [3.63, 3.8) is 0 Å². The smallest absolute Gasteiger partial charge is 0.255 e. The number of phenols is 1. The number of Topliss-reactive ketones (excluding diaryl/α,β-unsaturated/α-hetero) is 2. The van der Waals surface area contributed by atoms with Crippen LogP contribution in [0.1, 0.15) is 42.7 Å². The predicted octanol–water partition coefficient (Wildman–Crippen LogP) is 0.435. The van der Waals surface area contributed by atoms with Crippen LogP contribution in [0.15, 0.2) is 35.1 Å². The molecule has 2 fully saturated rings. The molecular formula is C27H32N2O9. The number of hydrogen-bond acceptors (Lipinski definition) is 10. The Balaban J connectivity index is 1.73. The zero-order valence-corrected chi connectivity index (χ0v) is 21.1. The van der Waals surface area contributed by atoms with Crippen LogP contribution in [0, 0.1) is 11.8 Å². The van der Waals surface area contributed by atoms with Gasteiger partial charge in [0.1, 0.15) is 22.8 Å². The Morgan fingerprint density at radius 1 is 1.16 bits per heavy atom. The average Bonchev–Trinajstić information content (AvgIpc) is 3.37. The van der Waals surface area contributed by atoms with E-state index in [1.54, 1.807) is 12.1 Å². The van der Waals surface area contributed by atoms with Gasteiger partial charge in [0.2, 0.25) is 5.78 Å². The maximum atomic E-state index is 14.1. The first-order valence-corrected chi connectivity index (χ1v) is 12.7. The first-order valence-electron chi connectivity index (χ1n) is 12.7. The van der Waals surface area contributed by atoms with Gasteiger partial charge in [0, 0.05) is 17.4 Å². The number of carbonyl (C=O) groups excluding carboxylic acids is 3. The molecule has 0 radical (unpaired) electrons. The molecule has 38 heavy (non-hydrogen) atoms. The number of amides is 1. The highest BCUT2D eigenvalue weighted by Gasteiger charge is 2.68. The zero-order valence-electron chi connectivity index (χ0n) is 21.1. The molecule has 4 aliphatic carbocycles. The number of fused-ring (bicyclic) bond motifs is 3. The Hall–Kier alpha value is -3.25. The van der Waals surface area contributed by atoms with E-state index in [0.717, 1.165) is 25.7 Å². The Kier molecular flexibility index (Phi) is 6.38. The minimum Gasteiger partial charge on any atom is -0.508 e. The summed E-state index contributed by atoms with van der Waals surface area (Å²) in [7, 11) is 2.94. The fraction of sp³-hybridized carbons (Fsp3) is 0.519. The number of benzene rings is 1. The SMILES string of the molecule is CN(C)C1C(=O)C(C(N)=O)=C(O)[C@@]2(O)C(=O)C3=C(O)c4c(O)cccc4[C@H](COC4CCCC4)[C@H]3[C@H](O)[C@@H]12. The maximum absolute atomic E-state index is 14.1. The van der Waals surface area contributed by atoms with Crippen molar-refractivity contribution >= 4 is 23.2 Å². The monoisotopic (exact) mass is 528 g/mol. The largest absolute Gasteiger partial charge is 0.508 e. The molecule has 7 N–H and O–H groups in total.